The third-order valence-electron chi connectivity index (χ3n) is 4.25. The van der Waals surface area contributed by atoms with E-state index < -0.39 is 0 Å². The van der Waals surface area contributed by atoms with Gasteiger partial charge in [0, 0.05) is 25.2 Å². The van der Waals surface area contributed by atoms with Crippen LogP contribution < -0.4 is 10.6 Å². The van der Waals surface area contributed by atoms with Gasteiger partial charge in [-0.05, 0) is 57.5 Å². The second-order valence-electron chi connectivity index (χ2n) is 6.34. The highest BCUT2D eigenvalue weighted by Gasteiger charge is 2.24. The number of anilines is 1. The van der Waals surface area contributed by atoms with Crippen molar-refractivity contribution in [2.75, 3.05) is 31.6 Å². The first-order valence-electron chi connectivity index (χ1n) is 8.00. The molecule has 1 saturated heterocycles. The third-order valence-corrected chi connectivity index (χ3v) is 4.25. The quantitative estimate of drug-likeness (QED) is 0.926. The summed E-state index contributed by atoms with van der Waals surface area (Å²) in [5, 5.41) is 0. The summed E-state index contributed by atoms with van der Waals surface area (Å²) in [5.74, 6) is -0.115. The molecule has 1 aliphatic heterocycles. The van der Waals surface area contributed by atoms with Crippen LogP contribution in [0.1, 0.15) is 32.3 Å². The van der Waals surface area contributed by atoms with Gasteiger partial charge in [-0.1, -0.05) is 13.0 Å². The second-order valence-corrected chi connectivity index (χ2v) is 6.34. The molecule has 1 aliphatic rings. The van der Waals surface area contributed by atoms with Crippen molar-refractivity contribution in [3.05, 3.63) is 29.6 Å². The molecule has 1 fully saturated rings. The summed E-state index contributed by atoms with van der Waals surface area (Å²) < 4.78 is 14.5. The molecule has 0 aromatic heterocycles. The van der Waals surface area contributed by atoms with Crippen LogP contribution in [-0.2, 0) is 6.42 Å². The molecular formula is C17H28FN3. The first kappa shape index (κ1) is 16.2. The minimum atomic E-state index is -0.115. The Labute approximate surface area is 127 Å². The van der Waals surface area contributed by atoms with Crippen LogP contribution in [0.25, 0.3) is 0 Å². The van der Waals surface area contributed by atoms with E-state index >= 15 is 0 Å². The molecule has 3 nitrogen and oxygen atoms in total. The van der Waals surface area contributed by atoms with Crippen LogP contribution >= 0.6 is 0 Å². The topological polar surface area (TPSA) is 32.5 Å². The van der Waals surface area contributed by atoms with E-state index in [1.807, 2.05) is 19.1 Å². The number of halogens is 1. The smallest absolute Gasteiger partial charge is 0.146 e. The van der Waals surface area contributed by atoms with E-state index in [1.165, 1.54) is 0 Å². The molecule has 0 spiro atoms. The Morgan fingerprint density at radius 2 is 2.14 bits per heavy atom. The number of hydrogen-bond acceptors (Lipinski definition) is 3. The van der Waals surface area contributed by atoms with E-state index in [4.69, 9.17) is 5.73 Å². The van der Waals surface area contributed by atoms with Gasteiger partial charge in [-0.2, -0.15) is 0 Å². The lowest BCUT2D eigenvalue weighted by Gasteiger charge is -2.32. The number of nitrogens with zero attached hydrogens (tertiary/aromatic N) is 2. The van der Waals surface area contributed by atoms with E-state index in [0.29, 0.717) is 6.04 Å². The minimum absolute atomic E-state index is 0.0606. The van der Waals surface area contributed by atoms with E-state index in [2.05, 4.69) is 23.8 Å². The van der Waals surface area contributed by atoms with Crippen molar-refractivity contribution in [3.63, 3.8) is 0 Å². The van der Waals surface area contributed by atoms with Crippen LogP contribution in [0.15, 0.2) is 18.2 Å². The molecule has 1 aromatic rings. The first-order chi connectivity index (χ1) is 10.0. The lowest BCUT2D eigenvalue weighted by molar-refractivity contribution is 0.327. The minimum Gasteiger partial charge on any atom is -0.365 e. The van der Waals surface area contributed by atoms with E-state index in [0.717, 1.165) is 50.1 Å². The van der Waals surface area contributed by atoms with Crippen molar-refractivity contribution in [2.24, 2.45) is 5.73 Å². The summed E-state index contributed by atoms with van der Waals surface area (Å²) >= 11 is 0. The van der Waals surface area contributed by atoms with Gasteiger partial charge in [0.05, 0.1) is 5.69 Å². The molecule has 2 atom stereocenters. The Kier molecular flexibility index (Phi) is 5.59. The predicted octanol–water partition coefficient (Wildman–Crippen LogP) is 2.64. The molecule has 0 amide bonds. The summed E-state index contributed by atoms with van der Waals surface area (Å²) in [7, 11) is 2.15. The van der Waals surface area contributed by atoms with Crippen molar-refractivity contribution < 1.29 is 4.39 Å². The highest BCUT2D eigenvalue weighted by molar-refractivity contribution is 5.50. The van der Waals surface area contributed by atoms with Crippen LogP contribution in [0.3, 0.4) is 0 Å². The lowest BCUT2D eigenvalue weighted by atomic mass is 10.1. The number of hydrogen-bond donors (Lipinski definition) is 1. The fourth-order valence-electron chi connectivity index (χ4n) is 3.19. The lowest BCUT2D eigenvalue weighted by Crippen LogP contribution is -2.40. The Morgan fingerprint density at radius 1 is 1.38 bits per heavy atom. The normalized spacial score (nSPS) is 22.1. The van der Waals surface area contributed by atoms with Crippen molar-refractivity contribution >= 4 is 5.69 Å². The Balaban J connectivity index is 2.22. The van der Waals surface area contributed by atoms with E-state index in [-0.39, 0.29) is 11.9 Å². The summed E-state index contributed by atoms with van der Waals surface area (Å²) in [6.07, 6.45) is 2.83. The molecule has 2 rings (SSSR count). The molecule has 0 saturated carbocycles. The standard InChI is InChI=1S/C17H28FN3/c1-4-15-12-20(3)8-5-9-21(15)17-7-6-14(10-13(2)19)11-16(17)18/h6-7,11,13,15H,4-5,8-10,12,19H2,1-3H3. The van der Waals surface area contributed by atoms with E-state index in [9.17, 15) is 4.39 Å². The molecule has 1 aromatic carbocycles. The second kappa shape index (κ2) is 7.23. The van der Waals surface area contributed by atoms with Gasteiger partial charge in [0.2, 0.25) is 0 Å². The maximum Gasteiger partial charge on any atom is 0.146 e. The average Bonchev–Trinajstić information content (AvgIpc) is 2.59. The van der Waals surface area contributed by atoms with Gasteiger partial charge in [-0.15, -0.1) is 0 Å². The molecule has 0 bridgehead atoms. The van der Waals surface area contributed by atoms with Crippen LogP contribution in [-0.4, -0.2) is 43.7 Å². The summed E-state index contributed by atoms with van der Waals surface area (Å²) in [6, 6.07) is 6.04. The number of benzene rings is 1. The molecule has 4 heteroatoms. The van der Waals surface area contributed by atoms with Crippen molar-refractivity contribution in [2.45, 2.75) is 45.2 Å². The summed E-state index contributed by atoms with van der Waals surface area (Å²) in [5.41, 5.74) is 7.52. The predicted molar refractivity (Wildman–Crippen MR) is 87.3 cm³/mol. The van der Waals surface area contributed by atoms with Crippen molar-refractivity contribution in [3.8, 4) is 0 Å². The van der Waals surface area contributed by atoms with Crippen LogP contribution in [0.2, 0.25) is 0 Å². The molecule has 2 unspecified atom stereocenters. The Hall–Kier alpha value is -1.13. The molecule has 0 radical (unpaired) electrons. The van der Waals surface area contributed by atoms with Gasteiger partial charge >= 0.3 is 0 Å². The van der Waals surface area contributed by atoms with Gasteiger partial charge in [0.25, 0.3) is 0 Å². The summed E-state index contributed by atoms with van der Waals surface area (Å²) in [6.45, 7) is 7.13. The number of nitrogens with two attached hydrogens (primary N) is 1. The van der Waals surface area contributed by atoms with Gasteiger partial charge in [-0.3, -0.25) is 0 Å². The molecular weight excluding hydrogens is 265 g/mol. The third kappa shape index (κ3) is 4.17. The van der Waals surface area contributed by atoms with E-state index in [1.54, 1.807) is 6.07 Å². The van der Waals surface area contributed by atoms with Crippen molar-refractivity contribution in [1.82, 2.24) is 4.90 Å². The molecule has 118 valence electrons. The Bertz CT molecular complexity index is 461. The molecule has 1 heterocycles. The van der Waals surface area contributed by atoms with Gasteiger partial charge < -0.3 is 15.5 Å². The molecule has 0 aliphatic carbocycles. The van der Waals surface area contributed by atoms with Gasteiger partial charge in [-0.25, -0.2) is 4.39 Å². The first-order valence-corrected chi connectivity index (χ1v) is 8.00. The largest absolute Gasteiger partial charge is 0.365 e. The molecule has 21 heavy (non-hydrogen) atoms. The van der Waals surface area contributed by atoms with Crippen LogP contribution in [0.5, 0.6) is 0 Å². The maximum atomic E-state index is 14.5. The zero-order chi connectivity index (χ0) is 15.4. The van der Waals surface area contributed by atoms with Gasteiger partial charge in [0.1, 0.15) is 5.82 Å². The van der Waals surface area contributed by atoms with Crippen LogP contribution in [0, 0.1) is 5.82 Å². The average molecular weight is 293 g/mol. The zero-order valence-corrected chi connectivity index (χ0v) is 13.5. The zero-order valence-electron chi connectivity index (χ0n) is 13.5. The van der Waals surface area contributed by atoms with Gasteiger partial charge in [0.15, 0.2) is 0 Å². The monoisotopic (exact) mass is 293 g/mol. The van der Waals surface area contributed by atoms with Crippen molar-refractivity contribution in [1.29, 1.82) is 0 Å². The highest BCUT2D eigenvalue weighted by atomic mass is 19.1. The fourth-order valence-corrected chi connectivity index (χ4v) is 3.19. The number of likely N-dealkylation sites (N-methyl/N-ethyl adjacent to an activating group) is 1. The molecule has 2 N–H and O–H groups in total. The Morgan fingerprint density at radius 3 is 2.76 bits per heavy atom. The fraction of sp³-hybridized carbons (Fsp3) is 0.647. The SMILES string of the molecule is CCC1CN(C)CCCN1c1ccc(CC(C)N)cc1F. The highest BCUT2D eigenvalue weighted by Crippen LogP contribution is 2.26. The van der Waals surface area contributed by atoms with Crippen LogP contribution in [0.4, 0.5) is 10.1 Å². The maximum absolute atomic E-state index is 14.5. The number of rotatable bonds is 4. The summed E-state index contributed by atoms with van der Waals surface area (Å²) in [4.78, 5) is 4.59.